The van der Waals surface area contributed by atoms with Crippen LogP contribution in [0.25, 0.3) is 0 Å². The first-order valence-electron chi connectivity index (χ1n) is 9.52. The first-order chi connectivity index (χ1) is 12.1. The third-order valence-corrected chi connectivity index (χ3v) is 5.66. The molecular weight excluding hydrogens is 312 g/mol. The number of para-hydroxylation sites is 1. The highest BCUT2D eigenvalue weighted by atomic mass is 16.5. The van der Waals surface area contributed by atoms with Crippen LogP contribution in [0, 0.1) is 0 Å². The van der Waals surface area contributed by atoms with Crippen LogP contribution in [0.1, 0.15) is 26.3 Å². The minimum atomic E-state index is 0.0522. The summed E-state index contributed by atoms with van der Waals surface area (Å²) in [4.78, 5) is 5.02. The highest BCUT2D eigenvalue weighted by Gasteiger charge is 2.32. The lowest BCUT2D eigenvalue weighted by molar-refractivity contribution is 0.000833. The lowest BCUT2D eigenvalue weighted by Gasteiger charge is -2.43. The summed E-state index contributed by atoms with van der Waals surface area (Å²) in [6.07, 6.45) is 3.31. The molecule has 4 nitrogen and oxygen atoms in total. The Morgan fingerprint density at radius 2 is 1.60 bits per heavy atom. The zero-order chi connectivity index (χ0) is 17.7. The normalized spacial score (nSPS) is 20.8. The van der Waals surface area contributed by atoms with E-state index >= 15 is 0 Å². The number of ether oxygens (including phenoxy) is 2. The Kier molecular flexibility index (Phi) is 6.15. The summed E-state index contributed by atoms with van der Waals surface area (Å²) in [7, 11) is 0. The molecule has 138 valence electrons. The molecule has 0 radical (unpaired) electrons. The molecule has 0 unspecified atom stereocenters. The van der Waals surface area contributed by atoms with Crippen molar-refractivity contribution >= 4 is 5.69 Å². The Morgan fingerprint density at radius 1 is 1.00 bits per heavy atom. The number of rotatable bonds is 5. The fourth-order valence-electron chi connectivity index (χ4n) is 3.98. The summed E-state index contributed by atoms with van der Waals surface area (Å²) < 4.78 is 11.1. The SMILES string of the molecule is CC=C(Cc1ccccc1N1CCOCC1)C(C)(C)N1CCOCC1. The molecule has 1 aromatic carbocycles. The van der Waals surface area contributed by atoms with Gasteiger partial charge in [-0.05, 0) is 38.8 Å². The van der Waals surface area contributed by atoms with Gasteiger partial charge in [-0.25, -0.2) is 0 Å². The van der Waals surface area contributed by atoms with Gasteiger partial charge in [0.2, 0.25) is 0 Å². The monoisotopic (exact) mass is 344 g/mol. The van der Waals surface area contributed by atoms with Gasteiger partial charge < -0.3 is 14.4 Å². The molecule has 4 heteroatoms. The summed E-state index contributed by atoms with van der Waals surface area (Å²) >= 11 is 0. The Morgan fingerprint density at radius 3 is 2.24 bits per heavy atom. The maximum absolute atomic E-state index is 5.55. The van der Waals surface area contributed by atoms with Crippen LogP contribution in [0.2, 0.25) is 0 Å². The van der Waals surface area contributed by atoms with Crippen molar-refractivity contribution in [2.45, 2.75) is 32.7 Å². The number of benzene rings is 1. The maximum atomic E-state index is 5.55. The molecule has 2 aliphatic heterocycles. The smallest absolute Gasteiger partial charge is 0.0642 e. The van der Waals surface area contributed by atoms with Crippen molar-refractivity contribution in [2.75, 3.05) is 57.5 Å². The van der Waals surface area contributed by atoms with E-state index in [0.29, 0.717) is 0 Å². The molecule has 0 aliphatic carbocycles. The minimum absolute atomic E-state index is 0.0522. The second-order valence-corrected chi connectivity index (χ2v) is 7.38. The lowest BCUT2D eigenvalue weighted by Crippen LogP contribution is -2.51. The zero-order valence-electron chi connectivity index (χ0n) is 16.0. The number of nitrogens with zero attached hydrogens (tertiary/aromatic N) is 2. The van der Waals surface area contributed by atoms with Crippen molar-refractivity contribution in [3.05, 3.63) is 41.5 Å². The highest BCUT2D eigenvalue weighted by molar-refractivity contribution is 5.55. The molecule has 0 spiro atoms. The van der Waals surface area contributed by atoms with Gasteiger partial charge in [0.15, 0.2) is 0 Å². The van der Waals surface area contributed by atoms with Crippen LogP contribution in [0.5, 0.6) is 0 Å². The van der Waals surface area contributed by atoms with E-state index in [0.717, 1.165) is 59.0 Å². The van der Waals surface area contributed by atoms with Crippen molar-refractivity contribution in [3.63, 3.8) is 0 Å². The van der Waals surface area contributed by atoms with Crippen molar-refractivity contribution in [1.29, 1.82) is 0 Å². The van der Waals surface area contributed by atoms with E-state index in [1.54, 1.807) is 0 Å². The van der Waals surface area contributed by atoms with Crippen LogP contribution in [-0.4, -0.2) is 63.0 Å². The zero-order valence-corrected chi connectivity index (χ0v) is 16.0. The molecule has 1 aromatic rings. The average molecular weight is 344 g/mol. The molecule has 25 heavy (non-hydrogen) atoms. The predicted octanol–water partition coefficient (Wildman–Crippen LogP) is 3.12. The largest absolute Gasteiger partial charge is 0.379 e. The van der Waals surface area contributed by atoms with E-state index in [1.807, 2.05) is 0 Å². The fraction of sp³-hybridized carbons (Fsp3) is 0.619. The number of hydrogen-bond donors (Lipinski definition) is 0. The van der Waals surface area contributed by atoms with Gasteiger partial charge in [-0.1, -0.05) is 29.8 Å². The van der Waals surface area contributed by atoms with Crippen molar-refractivity contribution < 1.29 is 9.47 Å². The lowest BCUT2D eigenvalue weighted by atomic mass is 9.86. The molecule has 2 heterocycles. The minimum Gasteiger partial charge on any atom is -0.379 e. The molecule has 2 saturated heterocycles. The molecule has 0 amide bonds. The second kappa shape index (κ2) is 8.35. The first-order valence-corrected chi connectivity index (χ1v) is 9.52. The number of allylic oxidation sites excluding steroid dienone is 1. The topological polar surface area (TPSA) is 24.9 Å². The molecule has 0 saturated carbocycles. The van der Waals surface area contributed by atoms with Gasteiger partial charge in [-0.2, -0.15) is 0 Å². The van der Waals surface area contributed by atoms with Gasteiger partial charge in [0.25, 0.3) is 0 Å². The van der Waals surface area contributed by atoms with Gasteiger partial charge in [-0.3, -0.25) is 4.90 Å². The molecule has 2 aliphatic rings. The van der Waals surface area contributed by atoms with E-state index in [2.05, 4.69) is 60.9 Å². The van der Waals surface area contributed by atoms with Gasteiger partial charge in [-0.15, -0.1) is 0 Å². The van der Waals surface area contributed by atoms with Gasteiger partial charge in [0.1, 0.15) is 0 Å². The molecule has 0 atom stereocenters. The summed E-state index contributed by atoms with van der Waals surface area (Å²) in [5, 5.41) is 0. The summed E-state index contributed by atoms with van der Waals surface area (Å²) in [5.74, 6) is 0. The van der Waals surface area contributed by atoms with Gasteiger partial charge >= 0.3 is 0 Å². The predicted molar refractivity (Wildman–Crippen MR) is 103 cm³/mol. The van der Waals surface area contributed by atoms with E-state index < -0.39 is 0 Å². The van der Waals surface area contributed by atoms with Crippen LogP contribution < -0.4 is 4.90 Å². The Labute approximate surface area is 152 Å². The van der Waals surface area contributed by atoms with E-state index in [9.17, 15) is 0 Å². The quantitative estimate of drug-likeness (QED) is 0.766. The van der Waals surface area contributed by atoms with E-state index in [4.69, 9.17) is 9.47 Å². The maximum Gasteiger partial charge on any atom is 0.0642 e. The fourth-order valence-corrected chi connectivity index (χ4v) is 3.98. The van der Waals surface area contributed by atoms with Crippen LogP contribution in [0.15, 0.2) is 35.9 Å². The Bertz CT molecular complexity index is 585. The summed E-state index contributed by atoms with van der Waals surface area (Å²) in [6, 6.07) is 8.85. The number of anilines is 1. The van der Waals surface area contributed by atoms with Crippen LogP contribution in [0.3, 0.4) is 0 Å². The van der Waals surface area contributed by atoms with Crippen LogP contribution in [-0.2, 0) is 15.9 Å². The second-order valence-electron chi connectivity index (χ2n) is 7.38. The average Bonchev–Trinajstić information content (AvgIpc) is 2.67. The van der Waals surface area contributed by atoms with Crippen molar-refractivity contribution in [3.8, 4) is 0 Å². The standard InChI is InChI=1S/C21H32N2O2/c1-4-19(21(2,3)23-11-15-25-16-12-23)17-18-7-5-6-8-20(18)22-9-13-24-14-10-22/h4-8H,9-17H2,1-3H3. The molecule has 0 N–H and O–H groups in total. The summed E-state index contributed by atoms with van der Waals surface area (Å²) in [6.45, 7) is 14.2. The Hall–Kier alpha value is -1.36. The number of morpholine rings is 2. The summed E-state index contributed by atoms with van der Waals surface area (Å²) in [5.41, 5.74) is 4.31. The molecule has 3 rings (SSSR count). The third kappa shape index (κ3) is 4.25. The third-order valence-electron chi connectivity index (χ3n) is 5.66. The van der Waals surface area contributed by atoms with Crippen LogP contribution in [0.4, 0.5) is 5.69 Å². The van der Waals surface area contributed by atoms with E-state index in [-0.39, 0.29) is 5.54 Å². The Balaban J connectivity index is 1.80. The van der Waals surface area contributed by atoms with E-state index in [1.165, 1.54) is 16.8 Å². The van der Waals surface area contributed by atoms with Crippen molar-refractivity contribution in [2.24, 2.45) is 0 Å². The molecule has 2 fully saturated rings. The van der Waals surface area contributed by atoms with Crippen molar-refractivity contribution in [1.82, 2.24) is 4.90 Å². The first kappa shape index (κ1) is 18.4. The van der Waals surface area contributed by atoms with Gasteiger partial charge in [0, 0.05) is 37.4 Å². The van der Waals surface area contributed by atoms with Gasteiger partial charge in [0.05, 0.1) is 26.4 Å². The molecule has 0 bridgehead atoms. The highest BCUT2D eigenvalue weighted by Crippen LogP contribution is 2.31. The van der Waals surface area contributed by atoms with Crippen LogP contribution >= 0.6 is 0 Å². The molecule has 0 aromatic heterocycles. The number of hydrogen-bond acceptors (Lipinski definition) is 4. The molecular formula is C21H32N2O2.